The molecule has 0 saturated carbocycles. The molecule has 2 aromatic carbocycles. The van der Waals surface area contributed by atoms with E-state index in [9.17, 15) is 0 Å². The average Bonchev–Trinajstić information content (AvgIpc) is 2.70. The van der Waals surface area contributed by atoms with Gasteiger partial charge in [0.05, 0.1) is 11.0 Å². The quantitative estimate of drug-likeness (QED) is 0.656. The normalized spacial score (nSPS) is 10.8. The van der Waals surface area contributed by atoms with E-state index in [4.69, 9.17) is 12.2 Å². The standard InChI is InChI=1S/C14H12N2S/c17-14-15-12-7-6-11(9-13(12)16-14)8-10-4-2-1-3-5-10/h1-7,9H,8H2,(H2,15,16,17). The summed E-state index contributed by atoms with van der Waals surface area (Å²) in [6.45, 7) is 0. The summed E-state index contributed by atoms with van der Waals surface area (Å²) in [7, 11) is 0. The zero-order chi connectivity index (χ0) is 11.7. The van der Waals surface area contributed by atoms with Crippen LogP contribution in [0.25, 0.3) is 11.0 Å². The number of H-pyrrole nitrogens is 2. The van der Waals surface area contributed by atoms with E-state index in [1.165, 1.54) is 11.1 Å². The largest absolute Gasteiger partial charge is 0.331 e. The Morgan fingerprint density at radius 1 is 0.824 bits per heavy atom. The Morgan fingerprint density at radius 3 is 2.41 bits per heavy atom. The fourth-order valence-electron chi connectivity index (χ4n) is 2.02. The van der Waals surface area contributed by atoms with Crippen molar-refractivity contribution in [1.29, 1.82) is 0 Å². The summed E-state index contributed by atoms with van der Waals surface area (Å²) in [4.78, 5) is 6.25. The van der Waals surface area contributed by atoms with E-state index in [2.05, 4.69) is 52.4 Å². The third-order valence-corrected chi connectivity index (χ3v) is 3.04. The zero-order valence-corrected chi connectivity index (χ0v) is 10.1. The molecule has 1 aromatic heterocycles. The second-order valence-electron chi connectivity index (χ2n) is 4.12. The van der Waals surface area contributed by atoms with Crippen LogP contribution in [0, 0.1) is 4.77 Å². The van der Waals surface area contributed by atoms with Crippen molar-refractivity contribution in [2.45, 2.75) is 6.42 Å². The highest BCUT2D eigenvalue weighted by Gasteiger charge is 1.99. The van der Waals surface area contributed by atoms with Crippen molar-refractivity contribution in [1.82, 2.24) is 9.97 Å². The van der Waals surface area contributed by atoms with Crippen molar-refractivity contribution in [3.63, 3.8) is 0 Å². The van der Waals surface area contributed by atoms with Crippen molar-refractivity contribution < 1.29 is 0 Å². The molecule has 0 atom stereocenters. The number of aromatic amines is 2. The highest BCUT2D eigenvalue weighted by molar-refractivity contribution is 7.71. The number of fused-ring (bicyclic) bond motifs is 1. The molecule has 0 aliphatic carbocycles. The third kappa shape index (κ3) is 2.15. The second kappa shape index (κ2) is 4.18. The van der Waals surface area contributed by atoms with Gasteiger partial charge in [-0.15, -0.1) is 0 Å². The summed E-state index contributed by atoms with van der Waals surface area (Å²) in [5, 5.41) is 0. The van der Waals surface area contributed by atoms with Crippen LogP contribution in [0.4, 0.5) is 0 Å². The van der Waals surface area contributed by atoms with Crippen LogP contribution in [0.1, 0.15) is 11.1 Å². The molecular formula is C14H12N2S. The van der Waals surface area contributed by atoms with Gasteiger partial charge in [-0.05, 0) is 41.9 Å². The van der Waals surface area contributed by atoms with E-state index in [0.29, 0.717) is 4.77 Å². The van der Waals surface area contributed by atoms with Gasteiger partial charge in [-0.25, -0.2) is 0 Å². The van der Waals surface area contributed by atoms with Gasteiger partial charge in [0.2, 0.25) is 0 Å². The molecule has 2 N–H and O–H groups in total. The van der Waals surface area contributed by atoms with Crippen molar-refractivity contribution in [2.75, 3.05) is 0 Å². The van der Waals surface area contributed by atoms with Crippen molar-refractivity contribution in [3.05, 3.63) is 64.4 Å². The molecule has 3 rings (SSSR count). The van der Waals surface area contributed by atoms with Crippen LogP contribution >= 0.6 is 12.2 Å². The molecule has 3 heteroatoms. The lowest BCUT2D eigenvalue weighted by molar-refractivity contribution is 1.20. The Bertz CT molecular complexity index is 695. The smallest absolute Gasteiger partial charge is 0.175 e. The topological polar surface area (TPSA) is 31.6 Å². The highest BCUT2D eigenvalue weighted by Crippen LogP contribution is 2.15. The lowest BCUT2D eigenvalue weighted by atomic mass is 10.0. The molecule has 0 fully saturated rings. The molecule has 3 aromatic rings. The zero-order valence-electron chi connectivity index (χ0n) is 9.23. The maximum Gasteiger partial charge on any atom is 0.175 e. The van der Waals surface area contributed by atoms with Gasteiger partial charge < -0.3 is 9.97 Å². The highest BCUT2D eigenvalue weighted by atomic mass is 32.1. The molecule has 0 saturated heterocycles. The number of rotatable bonds is 2. The summed E-state index contributed by atoms with van der Waals surface area (Å²) in [6, 6.07) is 16.8. The Hall–Kier alpha value is -1.87. The van der Waals surface area contributed by atoms with Crippen LogP contribution < -0.4 is 0 Å². The number of benzene rings is 2. The second-order valence-corrected chi connectivity index (χ2v) is 4.53. The fourth-order valence-corrected chi connectivity index (χ4v) is 2.24. The molecular weight excluding hydrogens is 228 g/mol. The monoisotopic (exact) mass is 240 g/mol. The van der Waals surface area contributed by atoms with E-state index in [1.54, 1.807) is 0 Å². The summed E-state index contributed by atoms with van der Waals surface area (Å²) in [5.74, 6) is 0. The third-order valence-electron chi connectivity index (χ3n) is 2.83. The Balaban J connectivity index is 1.98. The van der Waals surface area contributed by atoms with Crippen LogP contribution in [0.3, 0.4) is 0 Å². The molecule has 2 nitrogen and oxygen atoms in total. The van der Waals surface area contributed by atoms with E-state index in [0.717, 1.165) is 17.5 Å². The van der Waals surface area contributed by atoms with Gasteiger partial charge in [0.15, 0.2) is 4.77 Å². The molecule has 0 aliphatic rings. The van der Waals surface area contributed by atoms with E-state index in [-0.39, 0.29) is 0 Å². The molecule has 84 valence electrons. The van der Waals surface area contributed by atoms with E-state index in [1.807, 2.05) is 6.07 Å². The molecule has 1 heterocycles. The van der Waals surface area contributed by atoms with Crippen molar-refractivity contribution in [2.24, 2.45) is 0 Å². The minimum atomic E-state index is 0.678. The number of aromatic nitrogens is 2. The molecule has 0 spiro atoms. The minimum Gasteiger partial charge on any atom is -0.331 e. The van der Waals surface area contributed by atoms with E-state index < -0.39 is 0 Å². The lowest BCUT2D eigenvalue weighted by Gasteiger charge is -2.01. The summed E-state index contributed by atoms with van der Waals surface area (Å²) in [5.41, 5.74) is 4.74. The van der Waals surface area contributed by atoms with Gasteiger partial charge in [0.25, 0.3) is 0 Å². The van der Waals surface area contributed by atoms with Gasteiger partial charge >= 0.3 is 0 Å². The number of hydrogen-bond acceptors (Lipinski definition) is 1. The van der Waals surface area contributed by atoms with Gasteiger partial charge in [-0.1, -0.05) is 36.4 Å². The number of imidazole rings is 1. The van der Waals surface area contributed by atoms with Crippen LogP contribution in [0.2, 0.25) is 0 Å². The fraction of sp³-hybridized carbons (Fsp3) is 0.0714. The molecule has 0 amide bonds. The average molecular weight is 240 g/mol. The predicted octanol–water partition coefficient (Wildman–Crippen LogP) is 3.82. The number of nitrogens with one attached hydrogen (secondary N) is 2. The van der Waals surface area contributed by atoms with Gasteiger partial charge in [0.1, 0.15) is 0 Å². The Morgan fingerprint density at radius 2 is 1.59 bits per heavy atom. The summed E-state index contributed by atoms with van der Waals surface area (Å²) < 4.78 is 0.678. The van der Waals surface area contributed by atoms with E-state index >= 15 is 0 Å². The molecule has 0 radical (unpaired) electrons. The minimum absolute atomic E-state index is 0.678. The Labute approximate surface area is 104 Å². The maximum atomic E-state index is 5.07. The molecule has 0 bridgehead atoms. The van der Waals surface area contributed by atoms with Gasteiger partial charge in [-0.3, -0.25) is 0 Å². The first kappa shape index (κ1) is 10.3. The summed E-state index contributed by atoms with van der Waals surface area (Å²) in [6.07, 6.45) is 0.947. The lowest BCUT2D eigenvalue weighted by Crippen LogP contribution is -1.87. The number of hydrogen-bond donors (Lipinski definition) is 2. The summed E-state index contributed by atoms with van der Waals surface area (Å²) >= 11 is 5.07. The molecule has 17 heavy (non-hydrogen) atoms. The van der Waals surface area contributed by atoms with Crippen LogP contribution in [0.15, 0.2) is 48.5 Å². The van der Waals surface area contributed by atoms with Crippen LogP contribution in [-0.4, -0.2) is 9.97 Å². The molecule has 0 aliphatic heterocycles. The maximum absolute atomic E-state index is 5.07. The van der Waals surface area contributed by atoms with Crippen LogP contribution in [0.5, 0.6) is 0 Å². The first-order valence-corrected chi connectivity index (χ1v) is 5.97. The first-order chi connectivity index (χ1) is 8.31. The van der Waals surface area contributed by atoms with Crippen molar-refractivity contribution in [3.8, 4) is 0 Å². The van der Waals surface area contributed by atoms with Crippen molar-refractivity contribution >= 4 is 23.3 Å². The van der Waals surface area contributed by atoms with Gasteiger partial charge in [0, 0.05) is 0 Å². The van der Waals surface area contributed by atoms with Gasteiger partial charge in [-0.2, -0.15) is 0 Å². The Kier molecular flexibility index (Phi) is 2.53. The predicted molar refractivity (Wildman–Crippen MR) is 72.7 cm³/mol. The van der Waals surface area contributed by atoms with Crippen LogP contribution in [-0.2, 0) is 6.42 Å². The molecule has 0 unspecified atom stereocenters. The first-order valence-electron chi connectivity index (χ1n) is 5.56. The SMILES string of the molecule is S=c1[nH]c2ccc(Cc3ccccc3)cc2[nH]1.